The van der Waals surface area contributed by atoms with Crippen LogP contribution in [0.3, 0.4) is 0 Å². The first kappa shape index (κ1) is 26.3. The van der Waals surface area contributed by atoms with E-state index in [4.69, 9.17) is 23.2 Å². The summed E-state index contributed by atoms with van der Waals surface area (Å²) in [6.45, 7) is 6.92. The number of aromatic amines is 1. The highest BCUT2D eigenvalue weighted by molar-refractivity contribution is 7.99. The summed E-state index contributed by atoms with van der Waals surface area (Å²) >= 11 is 13.4. The van der Waals surface area contributed by atoms with Crippen LogP contribution >= 0.6 is 35.0 Å². The molecule has 3 aromatic rings. The number of amides is 2. The number of nitrogens with one attached hydrogen (secondary N) is 2. The van der Waals surface area contributed by atoms with Gasteiger partial charge in [-0.25, -0.2) is 4.98 Å². The van der Waals surface area contributed by atoms with E-state index in [0.717, 1.165) is 13.1 Å². The molecule has 2 aromatic carbocycles. The highest BCUT2D eigenvalue weighted by Gasteiger charge is 2.25. The SMILES string of the molecule is CC(C)[C@@H](NC(=O)c1ccc(Cl)cc1Cl)c1nc(SCC(=O)N2CCN(c3ccccc3)CC2)n[nH]1. The van der Waals surface area contributed by atoms with Crippen molar-refractivity contribution in [1.29, 1.82) is 0 Å². The summed E-state index contributed by atoms with van der Waals surface area (Å²) in [5.74, 6) is 0.543. The Bertz CT molecular complexity index is 1200. The zero-order chi connectivity index (χ0) is 25.7. The monoisotopic (exact) mass is 546 g/mol. The van der Waals surface area contributed by atoms with Crippen LogP contribution in [0.1, 0.15) is 36.1 Å². The maximum absolute atomic E-state index is 12.8. The second-order valence-electron chi connectivity index (χ2n) is 8.81. The van der Waals surface area contributed by atoms with Gasteiger partial charge in [-0.3, -0.25) is 14.7 Å². The fourth-order valence-electron chi connectivity index (χ4n) is 3.98. The fraction of sp³-hybridized carbons (Fsp3) is 0.360. The number of anilines is 1. The predicted molar refractivity (Wildman–Crippen MR) is 144 cm³/mol. The summed E-state index contributed by atoms with van der Waals surface area (Å²) < 4.78 is 0. The van der Waals surface area contributed by atoms with E-state index in [1.54, 1.807) is 12.1 Å². The summed E-state index contributed by atoms with van der Waals surface area (Å²) in [6, 6.07) is 14.6. The summed E-state index contributed by atoms with van der Waals surface area (Å²) in [7, 11) is 0. The molecular weight excluding hydrogens is 519 g/mol. The van der Waals surface area contributed by atoms with Gasteiger partial charge in [0.25, 0.3) is 5.91 Å². The van der Waals surface area contributed by atoms with Gasteiger partial charge in [-0.05, 0) is 36.2 Å². The number of thioether (sulfide) groups is 1. The molecule has 1 atom stereocenters. The molecule has 8 nitrogen and oxygen atoms in total. The maximum atomic E-state index is 12.8. The molecule has 1 aliphatic rings. The first-order chi connectivity index (χ1) is 17.3. The second-order valence-corrected chi connectivity index (χ2v) is 10.6. The van der Waals surface area contributed by atoms with Crippen molar-refractivity contribution >= 4 is 52.5 Å². The molecule has 4 rings (SSSR count). The van der Waals surface area contributed by atoms with Gasteiger partial charge in [0.15, 0.2) is 0 Å². The molecule has 36 heavy (non-hydrogen) atoms. The zero-order valence-electron chi connectivity index (χ0n) is 20.1. The van der Waals surface area contributed by atoms with E-state index >= 15 is 0 Å². The largest absolute Gasteiger partial charge is 0.368 e. The van der Waals surface area contributed by atoms with Crippen LogP contribution in [0.4, 0.5) is 5.69 Å². The minimum Gasteiger partial charge on any atom is -0.368 e. The van der Waals surface area contributed by atoms with Gasteiger partial charge < -0.3 is 15.1 Å². The number of benzene rings is 2. The topological polar surface area (TPSA) is 94.2 Å². The third kappa shape index (κ3) is 6.52. The molecule has 2 amide bonds. The van der Waals surface area contributed by atoms with Crippen molar-refractivity contribution in [3.05, 3.63) is 70.0 Å². The predicted octanol–water partition coefficient (Wildman–Crippen LogP) is 4.68. The van der Waals surface area contributed by atoms with Crippen LogP contribution in [0.5, 0.6) is 0 Å². The van der Waals surface area contributed by atoms with Gasteiger partial charge in [-0.2, -0.15) is 0 Å². The summed E-state index contributed by atoms with van der Waals surface area (Å²) in [5, 5.41) is 11.3. The average Bonchev–Trinajstić information content (AvgIpc) is 3.34. The maximum Gasteiger partial charge on any atom is 0.253 e. The molecule has 2 heterocycles. The van der Waals surface area contributed by atoms with Crippen LogP contribution in [-0.2, 0) is 4.79 Å². The number of para-hydroxylation sites is 1. The Kier molecular flexibility index (Phi) is 8.77. The lowest BCUT2D eigenvalue weighted by Crippen LogP contribution is -2.49. The number of hydrogen-bond donors (Lipinski definition) is 2. The van der Waals surface area contributed by atoms with Gasteiger partial charge in [0, 0.05) is 36.9 Å². The molecule has 2 N–H and O–H groups in total. The van der Waals surface area contributed by atoms with Crippen LogP contribution in [0.25, 0.3) is 0 Å². The van der Waals surface area contributed by atoms with Gasteiger partial charge in [0.05, 0.1) is 22.4 Å². The third-order valence-corrected chi connectivity index (χ3v) is 7.36. The minimum atomic E-state index is -0.409. The molecule has 0 aliphatic carbocycles. The van der Waals surface area contributed by atoms with Gasteiger partial charge >= 0.3 is 0 Å². The molecule has 1 fully saturated rings. The molecule has 190 valence electrons. The fourth-order valence-corrected chi connectivity index (χ4v) is 5.18. The molecule has 1 aliphatic heterocycles. The van der Waals surface area contributed by atoms with Crippen molar-refractivity contribution in [2.45, 2.75) is 25.0 Å². The van der Waals surface area contributed by atoms with Crippen molar-refractivity contribution in [1.82, 2.24) is 25.4 Å². The summed E-state index contributed by atoms with van der Waals surface area (Å²) in [5.41, 5.74) is 1.51. The molecular formula is C25H28Cl2N6O2S. The van der Waals surface area contributed by atoms with Crippen molar-refractivity contribution in [2.24, 2.45) is 5.92 Å². The van der Waals surface area contributed by atoms with Crippen LogP contribution in [0.2, 0.25) is 10.0 Å². The molecule has 11 heteroatoms. The van der Waals surface area contributed by atoms with Gasteiger partial charge in [0.2, 0.25) is 11.1 Å². The van der Waals surface area contributed by atoms with Crippen LogP contribution in [-0.4, -0.2) is 63.8 Å². The van der Waals surface area contributed by atoms with E-state index < -0.39 is 6.04 Å². The third-order valence-electron chi connectivity index (χ3n) is 5.98. The highest BCUT2D eigenvalue weighted by atomic mass is 35.5. The summed E-state index contributed by atoms with van der Waals surface area (Å²) in [6.07, 6.45) is 0. The Morgan fingerprint density at radius 1 is 1.08 bits per heavy atom. The molecule has 0 unspecified atom stereocenters. The number of carbonyl (C=O) groups excluding carboxylic acids is 2. The van der Waals surface area contributed by atoms with Crippen molar-refractivity contribution in [3.8, 4) is 0 Å². The lowest BCUT2D eigenvalue weighted by molar-refractivity contribution is -0.128. The first-order valence-electron chi connectivity index (χ1n) is 11.7. The van der Waals surface area contributed by atoms with Gasteiger partial charge in [-0.15, -0.1) is 5.10 Å². The Balaban J connectivity index is 1.31. The highest BCUT2D eigenvalue weighted by Crippen LogP contribution is 2.25. The smallest absolute Gasteiger partial charge is 0.253 e. The van der Waals surface area contributed by atoms with Crippen molar-refractivity contribution in [3.63, 3.8) is 0 Å². The van der Waals surface area contributed by atoms with Gasteiger partial charge in [0.1, 0.15) is 5.82 Å². The Morgan fingerprint density at radius 3 is 2.47 bits per heavy atom. The van der Waals surface area contributed by atoms with Crippen LogP contribution in [0.15, 0.2) is 53.7 Å². The molecule has 0 spiro atoms. The normalized spacial score (nSPS) is 14.7. The number of piperazine rings is 1. The lowest BCUT2D eigenvalue weighted by atomic mass is 10.0. The molecule has 0 radical (unpaired) electrons. The second kappa shape index (κ2) is 12.0. The average molecular weight is 548 g/mol. The Hall–Kier alpha value is -2.75. The number of rotatable bonds is 8. The van der Waals surface area contributed by atoms with E-state index in [1.165, 1.54) is 23.5 Å². The lowest BCUT2D eigenvalue weighted by Gasteiger charge is -2.36. The van der Waals surface area contributed by atoms with Crippen molar-refractivity contribution in [2.75, 3.05) is 36.8 Å². The first-order valence-corrected chi connectivity index (χ1v) is 13.4. The van der Waals surface area contributed by atoms with Crippen molar-refractivity contribution < 1.29 is 9.59 Å². The quantitative estimate of drug-likeness (QED) is 0.398. The van der Waals surface area contributed by atoms with Crippen LogP contribution < -0.4 is 10.2 Å². The Morgan fingerprint density at radius 2 is 1.81 bits per heavy atom. The number of H-pyrrole nitrogens is 1. The molecule has 1 aromatic heterocycles. The number of halogens is 2. The van der Waals surface area contributed by atoms with Crippen LogP contribution in [0, 0.1) is 5.92 Å². The van der Waals surface area contributed by atoms with E-state index in [2.05, 4.69) is 37.5 Å². The molecule has 1 saturated heterocycles. The van der Waals surface area contributed by atoms with E-state index in [-0.39, 0.29) is 28.5 Å². The van der Waals surface area contributed by atoms with Gasteiger partial charge in [-0.1, -0.05) is 67.0 Å². The zero-order valence-corrected chi connectivity index (χ0v) is 22.4. The summed E-state index contributed by atoms with van der Waals surface area (Å²) in [4.78, 5) is 34.3. The Labute approximate surface area is 224 Å². The number of hydrogen-bond acceptors (Lipinski definition) is 6. The van der Waals surface area contributed by atoms with E-state index in [1.807, 2.05) is 36.9 Å². The minimum absolute atomic E-state index is 0.0355. The number of carbonyl (C=O) groups is 2. The molecule has 0 saturated carbocycles. The number of nitrogens with zero attached hydrogens (tertiary/aromatic N) is 4. The molecule has 0 bridgehead atoms. The van der Waals surface area contributed by atoms with E-state index in [0.29, 0.717) is 34.7 Å². The standard InChI is InChI=1S/C25H28Cl2N6O2S/c1-16(2)22(28-24(35)19-9-8-17(26)14-20(19)27)23-29-25(31-30-23)36-15-21(34)33-12-10-32(11-13-33)18-6-4-3-5-7-18/h3-9,14,16,22H,10-13,15H2,1-2H3,(H,28,35)(H,29,30,31)/t22-/m1/s1. The van der Waals surface area contributed by atoms with E-state index in [9.17, 15) is 9.59 Å². The number of aromatic nitrogens is 3.